The number of hydrogen-bond acceptors (Lipinski definition) is 6. The molecule has 0 atom stereocenters. The molecule has 0 radical (unpaired) electrons. The Hall–Kier alpha value is -4.72. The van der Waals surface area contributed by atoms with E-state index in [4.69, 9.17) is 0 Å². The van der Waals surface area contributed by atoms with Crippen LogP contribution >= 0.6 is 0 Å². The molecule has 0 N–H and O–H groups in total. The van der Waals surface area contributed by atoms with E-state index >= 15 is 0 Å². The van der Waals surface area contributed by atoms with E-state index in [2.05, 4.69) is 67.9 Å². The largest absolute Gasteiger partial charge is 0.368 e. The number of nitriles is 1. The molecule has 1 fully saturated rings. The maximum absolute atomic E-state index is 9.96. The molecule has 0 aliphatic carbocycles. The molecule has 0 saturated carbocycles. The van der Waals surface area contributed by atoms with Crippen molar-refractivity contribution in [1.29, 1.82) is 5.26 Å². The summed E-state index contributed by atoms with van der Waals surface area (Å²) in [5.74, 6) is 6.40. The number of hydrogen-bond donors (Lipinski definition) is 0. The molecule has 0 bridgehead atoms. The lowest BCUT2D eigenvalue weighted by Crippen LogP contribution is -2.44. The highest BCUT2D eigenvalue weighted by Crippen LogP contribution is 2.29. The maximum atomic E-state index is 9.96. The van der Waals surface area contributed by atoms with Gasteiger partial charge in [0.2, 0.25) is 0 Å². The van der Waals surface area contributed by atoms with Gasteiger partial charge >= 0.3 is 0 Å². The summed E-state index contributed by atoms with van der Waals surface area (Å²) in [6, 6.07) is 18.3. The first-order chi connectivity index (χ1) is 17.7. The standard InChI is InChI=1S/C29H23N7/c1-34-11-13-35(14-12-34)28-9-7-24(16-23(28)17-30)36-20-33-27-19-32-26-8-6-21(15-25(26)29(27)36)4-5-22-3-2-10-31-18-22/h2-3,6-10,15-16,18-20H,11-14H2,1H3. The molecule has 2 aromatic carbocycles. The zero-order chi connectivity index (χ0) is 24.5. The van der Waals surface area contributed by atoms with Gasteiger partial charge in [-0.25, -0.2) is 4.98 Å². The fourth-order valence-electron chi connectivity index (χ4n) is 4.63. The van der Waals surface area contributed by atoms with Crippen molar-refractivity contribution in [2.45, 2.75) is 0 Å². The summed E-state index contributed by atoms with van der Waals surface area (Å²) >= 11 is 0. The average Bonchev–Trinajstić information content (AvgIpc) is 3.37. The molecule has 4 heterocycles. The van der Waals surface area contributed by atoms with Crippen molar-refractivity contribution < 1.29 is 0 Å². The number of fused-ring (bicyclic) bond motifs is 3. The number of likely N-dealkylation sites (N-methyl/N-ethyl adjacent to an activating group) is 1. The minimum atomic E-state index is 0.667. The summed E-state index contributed by atoms with van der Waals surface area (Å²) < 4.78 is 2.03. The predicted octanol–water partition coefficient (Wildman–Crippen LogP) is 3.99. The molecule has 36 heavy (non-hydrogen) atoms. The van der Waals surface area contributed by atoms with Gasteiger partial charge in [-0.3, -0.25) is 14.5 Å². The minimum Gasteiger partial charge on any atom is -0.368 e. The molecule has 1 aliphatic rings. The van der Waals surface area contributed by atoms with E-state index in [0.29, 0.717) is 5.56 Å². The Morgan fingerprint density at radius 2 is 1.72 bits per heavy atom. The molecule has 6 rings (SSSR count). The highest BCUT2D eigenvalue weighted by atomic mass is 15.2. The third kappa shape index (κ3) is 4.02. The smallest absolute Gasteiger partial charge is 0.108 e. The van der Waals surface area contributed by atoms with Crippen molar-refractivity contribution in [2.24, 2.45) is 0 Å². The number of benzene rings is 2. The van der Waals surface area contributed by atoms with Gasteiger partial charge in [-0.05, 0) is 55.6 Å². The Morgan fingerprint density at radius 1 is 0.861 bits per heavy atom. The molecule has 0 spiro atoms. The molecule has 3 aromatic heterocycles. The molecule has 174 valence electrons. The van der Waals surface area contributed by atoms with Crippen molar-refractivity contribution in [3.05, 3.63) is 90.1 Å². The Bertz CT molecular complexity index is 1680. The number of aromatic nitrogens is 4. The van der Waals surface area contributed by atoms with Crippen LogP contribution in [0.25, 0.3) is 27.6 Å². The lowest BCUT2D eigenvalue weighted by Gasteiger charge is -2.34. The van der Waals surface area contributed by atoms with Crippen molar-refractivity contribution in [2.75, 3.05) is 38.1 Å². The number of anilines is 1. The van der Waals surface area contributed by atoms with E-state index in [9.17, 15) is 5.26 Å². The first kappa shape index (κ1) is 21.8. The normalized spacial score (nSPS) is 13.9. The van der Waals surface area contributed by atoms with E-state index in [1.807, 2.05) is 34.9 Å². The van der Waals surface area contributed by atoms with Crippen LogP contribution in [0.15, 0.2) is 73.4 Å². The molecule has 0 unspecified atom stereocenters. The monoisotopic (exact) mass is 469 g/mol. The Balaban J connectivity index is 1.43. The second-order valence-electron chi connectivity index (χ2n) is 8.93. The van der Waals surface area contributed by atoms with Gasteiger partial charge in [0.15, 0.2) is 0 Å². The second kappa shape index (κ2) is 9.14. The van der Waals surface area contributed by atoms with Crippen LogP contribution in [0, 0.1) is 23.2 Å². The molecule has 1 saturated heterocycles. The molecular formula is C29H23N7. The van der Waals surface area contributed by atoms with E-state index in [1.54, 1.807) is 24.9 Å². The van der Waals surface area contributed by atoms with Crippen LogP contribution in [0.4, 0.5) is 5.69 Å². The van der Waals surface area contributed by atoms with Gasteiger partial charge in [-0.15, -0.1) is 0 Å². The lowest BCUT2D eigenvalue weighted by atomic mass is 10.1. The fourth-order valence-corrected chi connectivity index (χ4v) is 4.63. The third-order valence-electron chi connectivity index (χ3n) is 6.61. The number of rotatable bonds is 2. The maximum Gasteiger partial charge on any atom is 0.108 e. The van der Waals surface area contributed by atoms with Gasteiger partial charge < -0.3 is 9.80 Å². The second-order valence-corrected chi connectivity index (χ2v) is 8.93. The average molecular weight is 470 g/mol. The quantitative estimate of drug-likeness (QED) is 0.364. The van der Waals surface area contributed by atoms with Gasteiger partial charge in [0, 0.05) is 60.8 Å². The van der Waals surface area contributed by atoms with Gasteiger partial charge in [0.1, 0.15) is 17.9 Å². The lowest BCUT2D eigenvalue weighted by molar-refractivity contribution is 0.313. The zero-order valence-electron chi connectivity index (χ0n) is 19.9. The van der Waals surface area contributed by atoms with Gasteiger partial charge in [-0.2, -0.15) is 5.26 Å². The molecule has 1 aliphatic heterocycles. The predicted molar refractivity (Wildman–Crippen MR) is 141 cm³/mol. The van der Waals surface area contributed by atoms with E-state index in [1.165, 1.54) is 0 Å². The van der Waals surface area contributed by atoms with Crippen LogP contribution in [0.2, 0.25) is 0 Å². The zero-order valence-corrected chi connectivity index (χ0v) is 19.9. The van der Waals surface area contributed by atoms with Crippen molar-refractivity contribution in [1.82, 2.24) is 24.4 Å². The van der Waals surface area contributed by atoms with Gasteiger partial charge in [-0.1, -0.05) is 11.8 Å². The highest BCUT2D eigenvalue weighted by molar-refractivity contribution is 6.03. The number of piperazine rings is 1. The van der Waals surface area contributed by atoms with Crippen LogP contribution in [0.1, 0.15) is 16.7 Å². The molecule has 0 amide bonds. The summed E-state index contributed by atoms with van der Waals surface area (Å²) in [4.78, 5) is 17.9. The van der Waals surface area contributed by atoms with Gasteiger partial charge in [0.25, 0.3) is 0 Å². The summed E-state index contributed by atoms with van der Waals surface area (Å²) in [5.41, 5.74) is 6.90. The number of imidazole rings is 1. The van der Waals surface area contributed by atoms with Crippen LogP contribution < -0.4 is 4.90 Å². The summed E-state index contributed by atoms with van der Waals surface area (Å²) in [6.45, 7) is 3.81. The van der Waals surface area contributed by atoms with Crippen molar-refractivity contribution in [3.63, 3.8) is 0 Å². The molecule has 7 nitrogen and oxygen atoms in total. The van der Waals surface area contributed by atoms with E-state index in [0.717, 1.165) is 70.6 Å². The van der Waals surface area contributed by atoms with Crippen molar-refractivity contribution in [3.8, 4) is 23.6 Å². The molecule has 7 heteroatoms. The van der Waals surface area contributed by atoms with Gasteiger partial charge in [0.05, 0.1) is 28.5 Å². The Kier molecular flexibility index (Phi) is 5.53. The summed E-state index contributed by atoms with van der Waals surface area (Å²) in [7, 11) is 2.13. The highest BCUT2D eigenvalue weighted by Gasteiger charge is 2.18. The SMILES string of the molecule is CN1CCN(c2ccc(-n3cnc4cnc5ccc(C#Cc6cccnc6)cc5c43)cc2C#N)CC1. The Labute approximate surface area is 209 Å². The Morgan fingerprint density at radius 3 is 2.53 bits per heavy atom. The molecule has 5 aromatic rings. The van der Waals surface area contributed by atoms with Crippen LogP contribution in [-0.4, -0.2) is 57.6 Å². The van der Waals surface area contributed by atoms with Crippen LogP contribution in [0.3, 0.4) is 0 Å². The fraction of sp³-hybridized carbons (Fsp3) is 0.172. The van der Waals surface area contributed by atoms with E-state index < -0.39 is 0 Å². The number of nitrogens with zero attached hydrogens (tertiary/aromatic N) is 7. The van der Waals surface area contributed by atoms with Crippen molar-refractivity contribution >= 4 is 27.6 Å². The van der Waals surface area contributed by atoms with E-state index in [-0.39, 0.29) is 0 Å². The summed E-state index contributed by atoms with van der Waals surface area (Å²) in [6.07, 6.45) is 7.08. The topological polar surface area (TPSA) is 73.9 Å². The molecular weight excluding hydrogens is 446 g/mol. The van der Waals surface area contributed by atoms with Crippen LogP contribution in [0.5, 0.6) is 0 Å². The number of pyridine rings is 2. The third-order valence-corrected chi connectivity index (χ3v) is 6.61. The van der Waals surface area contributed by atoms with Crippen LogP contribution in [-0.2, 0) is 0 Å². The minimum absolute atomic E-state index is 0.667. The summed E-state index contributed by atoms with van der Waals surface area (Å²) in [5, 5.41) is 10.9. The first-order valence-corrected chi connectivity index (χ1v) is 11.9. The first-order valence-electron chi connectivity index (χ1n) is 11.9.